The summed E-state index contributed by atoms with van der Waals surface area (Å²) in [5.74, 6) is 0.0337. The molecule has 3 aromatic heterocycles. The zero-order valence-electron chi connectivity index (χ0n) is 18.8. The molecule has 0 aliphatic rings. The van der Waals surface area contributed by atoms with Gasteiger partial charge in [-0.2, -0.15) is 0 Å². The predicted octanol–water partition coefficient (Wildman–Crippen LogP) is 4.72. The van der Waals surface area contributed by atoms with Gasteiger partial charge in [-0.15, -0.1) is 5.10 Å². The number of fused-ring (bicyclic) bond motifs is 1. The smallest absolute Gasteiger partial charge is 0.265 e. The highest BCUT2D eigenvalue weighted by atomic mass is 35.5. The van der Waals surface area contributed by atoms with Crippen molar-refractivity contribution in [3.63, 3.8) is 0 Å². The Morgan fingerprint density at radius 1 is 0.886 bits per heavy atom. The maximum absolute atomic E-state index is 13.2. The molecule has 0 N–H and O–H groups in total. The normalized spacial score (nSPS) is 11.7. The molecule has 0 amide bonds. The summed E-state index contributed by atoms with van der Waals surface area (Å²) in [4.78, 5) is 17.6. The van der Waals surface area contributed by atoms with Crippen molar-refractivity contribution >= 4 is 27.1 Å². The number of pyridine rings is 2. The highest BCUT2D eigenvalue weighted by molar-refractivity contribution is 7.91. The van der Waals surface area contributed by atoms with Gasteiger partial charge in [-0.25, -0.2) is 22.3 Å². The number of rotatable bonds is 6. The second kappa shape index (κ2) is 9.13. The standard InChI is InChI=1S/C26H21ClN4O3S/c1-2-35(33,34)22-9-3-18(4-10-22)17-31-26(32)30-16-13-23(19-5-7-21(27)8-6-19)24(25(30)29-31)20-11-14-28-15-12-20/h3-16H,2,17H2,1H3. The van der Waals surface area contributed by atoms with Gasteiger partial charge in [0, 0.05) is 29.2 Å². The lowest BCUT2D eigenvalue weighted by atomic mass is 9.96. The molecule has 35 heavy (non-hydrogen) atoms. The number of sulfone groups is 1. The Morgan fingerprint density at radius 2 is 1.57 bits per heavy atom. The van der Waals surface area contributed by atoms with Crippen LogP contribution in [-0.4, -0.2) is 33.3 Å². The van der Waals surface area contributed by atoms with Gasteiger partial charge in [0.1, 0.15) is 0 Å². The average Bonchev–Trinajstić information content (AvgIpc) is 3.19. The molecule has 5 rings (SSSR count). The maximum atomic E-state index is 13.2. The second-order valence-corrected chi connectivity index (χ2v) is 10.7. The van der Waals surface area contributed by atoms with E-state index in [0.29, 0.717) is 10.7 Å². The summed E-state index contributed by atoms with van der Waals surface area (Å²) in [6, 6.07) is 19.7. The topological polar surface area (TPSA) is 86.3 Å². The van der Waals surface area contributed by atoms with Crippen LogP contribution < -0.4 is 5.69 Å². The van der Waals surface area contributed by atoms with Crippen LogP contribution in [0.2, 0.25) is 5.02 Å². The molecular weight excluding hydrogens is 484 g/mol. The molecule has 2 aromatic carbocycles. The lowest BCUT2D eigenvalue weighted by molar-refractivity contribution is 0.597. The number of halogens is 1. The molecule has 9 heteroatoms. The Morgan fingerprint density at radius 3 is 2.23 bits per heavy atom. The zero-order chi connectivity index (χ0) is 24.6. The Bertz CT molecular complexity index is 1680. The third kappa shape index (κ3) is 4.38. The van der Waals surface area contributed by atoms with Crippen molar-refractivity contribution in [1.82, 2.24) is 19.2 Å². The molecule has 0 unspecified atom stereocenters. The number of hydrogen-bond donors (Lipinski definition) is 0. The minimum atomic E-state index is -3.29. The highest BCUT2D eigenvalue weighted by Gasteiger charge is 2.18. The van der Waals surface area contributed by atoms with Crippen LogP contribution in [0.25, 0.3) is 27.9 Å². The third-order valence-electron chi connectivity index (χ3n) is 5.87. The Hall–Kier alpha value is -3.75. The monoisotopic (exact) mass is 504 g/mol. The first-order valence-corrected chi connectivity index (χ1v) is 13.0. The molecule has 5 aromatic rings. The van der Waals surface area contributed by atoms with Crippen LogP contribution in [0.3, 0.4) is 0 Å². The fraction of sp³-hybridized carbons (Fsp3) is 0.115. The molecule has 0 saturated carbocycles. The van der Waals surface area contributed by atoms with Gasteiger partial charge < -0.3 is 0 Å². The summed E-state index contributed by atoms with van der Waals surface area (Å²) in [6.07, 6.45) is 5.11. The van der Waals surface area contributed by atoms with Crippen LogP contribution in [0.1, 0.15) is 12.5 Å². The van der Waals surface area contributed by atoms with Crippen molar-refractivity contribution < 1.29 is 8.42 Å². The van der Waals surface area contributed by atoms with Crippen molar-refractivity contribution in [2.24, 2.45) is 0 Å². The summed E-state index contributed by atoms with van der Waals surface area (Å²) in [6.45, 7) is 1.82. The van der Waals surface area contributed by atoms with E-state index in [4.69, 9.17) is 11.6 Å². The maximum Gasteiger partial charge on any atom is 0.350 e. The molecule has 0 fully saturated rings. The van der Waals surface area contributed by atoms with E-state index >= 15 is 0 Å². The van der Waals surface area contributed by atoms with Crippen molar-refractivity contribution in [3.05, 3.63) is 106 Å². The number of hydrogen-bond acceptors (Lipinski definition) is 5. The van der Waals surface area contributed by atoms with E-state index in [2.05, 4.69) is 10.1 Å². The first-order valence-electron chi connectivity index (χ1n) is 11.0. The van der Waals surface area contributed by atoms with Crippen molar-refractivity contribution in [3.8, 4) is 22.3 Å². The van der Waals surface area contributed by atoms with Gasteiger partial charge in [-0.05, 0) is 64.7 Å². The quantitative estimate of drug-likeness (QED) is 0.334. The summed E-state index contributed by atoms with van der Waals surface area (Å²) in [5, 5.41) is 5.31. The fourth-order valence-corrected chi connectivity index (χ4v) is 5.01. The molecular formula is C26H21ClN4O3S. The molecule has 0 aliphatic heterocycles. The van der Waals surface area contributed by atoms with Crippen molar-refractivity contribution in [2.75, 3.05) is 5.75 Å². The van der Waals surface area contributed by atoms with Crippen LogP contribution in [0, 0.1) is 0 Å². The molecule has 3 heterocycles. The van der Waals surface area contributed by atoms with E-state index in [1.165, 1.54) is 9.08 Å². The van der Waals surface area contributed by atoms with E-state index in [9.17, 15) is 13.2 Å². The van der Waals surface area contributed by atoms with Gasteiger partial charge in [-0.3, -0.25) is 4.98 Å². The van der Waals surface area contributed by atoms with E-state index in [0.717, 1.165) is 27.8 Å². The van der Waals surface area contributed by atoms with E-state index in [-0.39, 0.29) is 22.9 Å². The van der Waals surface area contributed by atoms with E-state index in [1.54, 1.807) is 49.8 Å². The molecule has 0 spiro atoms. The lowest BCUT2D eigenvalue weighted by Gasteiger charge is -2.11. The Labute approximate surface area is 207 Å². The van der Waals surface area contributed by atoms with Gasteiger partial charge in [0.25, 0.3) is 0 Å². The highest BCUT2D eigenvalue weighted by Crippen LogP contribution is 2.34. The van der Waals surface area contributed by atoms with Crippen molar-refractivity contribution in [2.45, 2.75) is 18.4 Å². The van der Waals surface area contributed by atoms with Gasteiger partial charge in [0.05, 0.1) is 17.2 Å². The van der Waals surface area contributed by atoms with Gasteiger partial charge >= 0.3 is 5.69 Å². The fourth-order valence-electron chi connectivity index (χ4n) is 4.00. The van der Waals surface area contributed by atoms with Crippen LogP contribution in [0.5, 0.6) is 0 Å². The van der Waals surface area contributed by atoms with Gasteiger partial charge in [0.2, 0.25) is 0 Å². The van der Waals surface area contributed by atoms with Gasteiger partial charge in [0.15, 0.2) is 15.5 Å². The van der Waals surface area contributed by atoms with Gasteiger partial charge in [-0.1, -0.05) is 42.8 Å². The predicted molar refractivity (Wildman–Crippen MR) is 136 cm³/mol. The lowest BCUT2D eigenvalue weighted by Crippen LogP contribution is -2.21. The van der Waals surface area contributed by atoms with E-state index in [1.807, 2.05) is 42.5 Å². The molecule has 0 bridgehead atoms. The Balaban J connectivity index is 1.64. The number of nitrogens with zero attached hydrogens (tertiary/aromatic N) is 4. The summed E-state index contributed by atoms with van der Waals surface area (Å²) >= 11 is 6.09. The molecule has 0 saturated heterocycles. The van der Waals surface area contributed by atoms with Crippen LogP contribution in [0.15, 0.2) is 95.0 Å². The SMILES string of the molecule is CCS(=O)(=O)c1ccc(Cn2nc3c(-c4ccncc4)c(-c4ccc(Cl)cc4)ccn3c2=O)cc1. The molecule has 7 nitrogen and oxygen atoms in total. The average molecular weight is 505 g/mol. The molecule has 0 aliphatic carbocycles. The number of aromatic nitrogens is 4. The second-order valence-electron chi connectivity index (χ2n) is 8.03. The minimum absolute atomic E-state index is 0.0337. The minimum Gasteiger partial charge on any atom is -0.265 e. The largest absolute Gasteiger partial charge is 0.350 e. The first-order chi connectivity index (χ1) is 16.9. The van der Waals surface area contributed by atoms with Crippen LogP contribution in [0.4, 0.5) is 0 Å². The molecule has 0 radical (unpaired) electrons. The number of benzene rings is 2. The third-order valence-corrected chi connectivity index (χ3v) is 7.88. The van der Waals surface area contributed by atoms with Crippen LogP contribution >= 0.6 is 11.6 Å². The van der Waals surface area contributed by atoms with Crippen molar-refractivity contribution in [1.29, 1.82) is 0 Å². The summed E-state index contributed by atoms with van der Waals surface area (Å²) in [7, 11) is -3.29. The first kappa shape index (κ1) is 23.0. The summed E-state index contributed by atoms with van der Waals surface area (Å²) in [5.41, 5.74) is 4.53. The molecule has 0 atom stereocenters. The zero-order valence-corrected chi connectivity index (χ0v) is 20.4. The molecule has 176 valence electrons. The Kier molecular flexibility index (Phi) is 6.00. The van der Waals surface area contributed by atoms with E-state index < -0.39 is 9.84 Å². The summed E-state index contributed by atoms with van der Waals surface area (Å²) < 4.78 is 27.1. The van der Waals surface area contributed by atoms with Crippen LogP contribution in [-0.2, 0) is 16.4 Å².